The van der Waals surface area contributed by atoms with Crippen LogP contribution in [0.25, 0.3) is 0 Å². The summed E-state index contributed by atoms with van der Waals surface area (Å²) in [6, 6.07) is 3.87. The zero-order chi connectivity index (χ0) is 18.8. The number of hydroxylamine groups is 2. The molecule has 25 heavy (non-hydrogen) atoms. The molecule has 0 aromatic heterocycles. The Hall–Kier alpha value is -2.95. The summed E-state index contributed by atoms with van der Waals surface area (Å²) in [5.74, 6) is -5.32. The molecule has 1 N–H and O–H groups in total. The zero-order valence-corrected chi connectivity index (χ0v) is 12.6. The molecule has 0 saturated carbocycles. The third kappa shape index (κ3) is 3.76. The van der Waals surface area contributed by atoms with Crippen LogP contribution in [-0.4, -0.2) is 54.7 Å². The lowest BCUT2D eigenvalue weighted by Gasteiger charge is -2.20. The number of nitrogens with one attached hydrogen (secondary N) is 1. The van der Waals surface area contributed by atoms with Crippen LogP contribution in [0.1, 0.15) is 20.7 Å². The van der Waals surface area contributed by atoms with E-state index in [1.807, 2.05) is 0 Å². The predicted octanol–water partition coefficient (Wildman–Crippen LogP) is 0.434. The average molecular weight is 360 g/mol. The van der Waals surface area contributed by atoms with E-state index in [-0.39, 0.29) is 11.1 Å². The molecule has 0 aliphatic carbocycles. The molecule has 3 amide bonds. The van der Waals surface area contributed by atoms with E-state index in [9.17, 15) is 32.3 Å². The standard InChI is InChI=1S/C14H11F3N2O6/c1-24-12(22)9(18-13(23)14(15,16)17)6-25-19-10(20)7-4-2-3-5-8(7)11(19)21/h2-5,9H,6H2,1H3,(H,18,23)/t9-/m1/s1. The largest absolute Gasteiger partial charge is 0.471 e. The molecule has 0 unspecified atom stereocenters. The van der Waals surface area contributed by atoms with Crippen LogP contribution < -0.4 is 5.32 Å². The Morgan fingerprint density at radius 2 is 1.68 bits per heavy atom. The Morgan fingerprint density at radius 3 is 2.12 bits per heavy atom. The highest BCUT2D eigenvalue weighted by Gasteiger charge is 2.42. The summed E-state index contributed by atoms with van der Waals surface area (Å²) < 4.78 is 41.2. The van der Waals surface area contributed by atoms with Crippen LogP contribution >= 0.6 is 0 Å². The lowest BCUT2D eigenvalue weighted by molar-refractivity contribution is -0.178. The van der Waals surface area contributed by atoms with Gasteiger partial charge in [-0.3, -0.25) is 19.2 Å². The van der Waals surface area contributed by atoms with Crippen molar-refractivity contribution in [3.63, 3.8) is 0 Å². The SMILES string of the molecule is COC(=O)[C@@H](CON1C(=O)c2ccccc2C1=O)NC(=O)C(F)(F)F. The first-order valence-corrected chi connectivity index (χ1v) is 6.73. The number of alkyl halides is 3. The summed E-state index contributed by atoms with van der Waals surface area (Å²) in [6.45, 7) is -0.917. The van der Waals surface area contributed by atoms with Crippen LogP contribution in [-0.2, 0) is 19.2 Å². The number of fused-ring (bicyclic) bond motifs is 1. The van der Waals surface area contributed by atoms with Crippen LogP contribution in [0.3, 0.4) is 0 Å². The summed E-state index contributed by atoms with van der Waals surface area (Å²) in [4.78, 5) is 51.4. The van der Waals surface area contributed by atoms with Gasteiger partial charge >= 0.3 is 18.1 Å². The smallest absolute Gasteiger partial charge is 0.467 e. The number of rotatable bonds is 5. The van der Waals surface area contributed by atoms with Gasteiger partial charge in [0, 0.05) is 0 Å². The summed E-state index contributed by atoms with van der Waals surface area (Å²) in [7, 11) is 0.886. The number of carbonyl (C=O) groups excluding carboxylic acids is 4. The first kappa shape index (κ1) is 18.4. The minimum Gasteiger partial charge on any atom is -0.467 e. The first-order chi connectivity index (χ1) is 11.7. The van der Waals surface area contributed by atoms with E-state index in [2.05, 4.69) is 4.74 Å². The Bertz CT molecular complexity index is 699. The number of nitrogens with zero attached hydrogens (tertiary/aromatic N) is 1. The number of ether oxygens (including phenoxy) is 1. The second-order valence-electron chi connectivity index (χ2n) is 4.79. The highest BCUT2D eigenvalue weighted by Crippen LogP contribution is 2.22. The Labute approximate surface area is 138 Å². The summed E-state index contributed by atoms with van der Waals surface area (Å²) >= 11 is 0. The molecule has 11 heteroatoms. The summed E-state index contributed by atoms with van der Waals surface area (Å²) in [5, 5.41) is 1.68. The van der Waals surface area contributed by atoms with Gasteiger partial charge in [-0.15, -0.1) is 5.06 Å². The number of benzene rings is 1. The molecule has 0 saturated heterocycles. The number of hydrogen-bond donors (Lipinski definition) is 1. The van der Waals surface area contributed by atoms with E-state index in [0.717, 1.165) is 7.11 Å². The molecule has 0 bridgehead atoms. The monoisotopic (exact) mass is 360 g/mol. The van der Waals surface area contributed by atoms with Crippen LogP contribution in [0.4, 0.5) is 13.2 Å². The fourth-order valence-corrected chi connectivity index (χ4v) is 1.98. The fourth-order valence-electron chi connectivity index (χ4n) is 1.98. The van der Waals surface area contributed by atoms with Gasteiger partial charge in [-0.1, -0.05) is 12.1 Å². The molecule has 1 atom stereocenters. The highest BCUT2D eigenvalue weighted by molar-refractivity contribution is 6.20. The third-order valence-electron chi connectivity index (χ3n) is 3.18. The lowest BCUT2D eigenvalue weighted by Crippen LogP contribution is -2.50. The van der Waals surface area contributed by atoms with Crippen molar-refractivity contribution in [3.8, 4) is 0 Å². The molecule has 2 rings (SSSR count). The number of halogens is 3. The van der Waals surface area contributed by atoms with Gasteiger partial charge in [-0.05, 0) is 12.1 Å². The molecule has 8 nitrogen and oxygen atoms in total. The Balaban J connectivity index is 2.09. The van der Waals surface area contributed by atoms with Crippen molar-refractivity contribution in [1.29, 1.82) is 0 Å². The normalized spacial score (nSPS) is 15.0. The van der Waals surface area contributed by atoms with Gasteiger partial charge < -0.3 is 10.1 Å². The van der Waals surface area contributed by atoms with Crippen molar-refractivity contribution in [2.45, 2.75) is 12.2 Å². The molecule has 1 heterocycles. The van der Waals surface area contributed by atoms with Gasteiger partial charge in [0.05, 0.1) is 18.2 Å². The van der Waals surface area contributed by atoms with Crippen molar-refractivity contribution in [2.24, 2.45) is 0 Å². The predicted molar refractivity (Wildman–Crippen MR) is 72.9 cm³/mol. The number of amides is 3. The molecule has 1 aliphatic rings. The van der Waals surface area contributed by atoms with E-state index >= 15 is 0 Å². The quantitative estimate of drug-likeness (QED) is 0.604. The average Bonchev–Trinajstić information content (AvgIpc) is 2.81. The van der Waals surface area contributed by atoms with E-state index in [0.29, 0.717) is 5.06 Å². The summed E-state index contributed by atoms with van der Waals surface area (Å²) in [6.07, 6.45) is -5.23. The second-order valence-corrected chi connectivity index (χ2v) is 4.79. The number of esters is 1. The summed E-state index contributed by atoms with van der Waals surface area (Å²) in [5.41, 5.74) is 0.0860. The Morgan fingerprint density at radius 1 is 1.16 bits per heavy atom. The van der Waals surface area contributed by atoms with Gasteiger partial charge in [0.1, 0.15) is 6.61 Å². The zero-order valence-electron chi connectivity index (χ0n) is 12.6. The fraction of sp³-hybridized carbons (Fsp3) is 0.286. The molecule has 1 aliphatic heterocycles. The minimum atomic E-state index is -5.23. The number of hydrogen-bond acceptors (Lipinski definition) is 6. The van der Waals surface area contributed by atoms with Crippen molar-refractivity contribution < 1.29 is 41.9 Å². The molecular weight excluding hydrogens is 349 g/mol. The second kappa shape index (κ2) is 6.89. The maximum atomic E-state index is 12.3. The maximum Gasteiger partial charge on any atom is 0.471 e. The van der Waals surface area contributed by atoms with Crippen molar-refractivity contribution in [1.82, 2.24) is 10.4 Å². The van der Waals surface area contributed by atoms with Crippen LogP contribution in [0.2, 0.25) is 0 Å². The van der Waals surface area contributed by atoms with Gasteiger partial charge in [0.2, 0.25) is 0 Å². The molecule has 1 aromatic rings. The molecular formula is C14H11F3N2O6. The van der Waals surface area contributed by atoms with Crippen LogP contribution in [0.15, 0.2) is 24.3 Å². The van der Waals surface area contributed by atoms with Crippen LogP contribution in [0, 0.1) is 0 Å². The molecule has 0 fully saturated rings. The van der Waals surface area contributed by atoms with Crippen molar-refractivity contribution in [2.75, 3.05) is 13.7 Å². The highest BCUT2D eigenvalue weighted by atomic mass is 19.4. The Kier molecular flexibility index (Phi) is 5.07. The van der Waals surface area contributed by atoms with Crippen LogP contribution in [0.5, 0.6) is 0 Å². The third-order valence-corrected chi connectivity index (χ3v) is 3.18. The van der Waals surface area contributed by atoms with E-state index in [1.165, 1.54) is 29.6 Å². The van der Waals surface area contributed by atoms with E-state index in [1.54, 1.807) is 0 Å². The number of imide groups is 1. The molecule has 0 radical (unpaired) electrons. The van der Waals surface area contributed by atoms with Gasteiger partial charge in [0.15, 0.2) is 6.04 Å². The number of methoxy groups -OCH3 is 1. The van der Waals surface area contributed by atoms with Crippen molar-refractivity contribution >= 4 is 23.7 Å². The molecule has 134 valence electrons. The number of carbonyl (C=O) groups is 4. The first-order valence-electron chi connectivity index (χ1n) is 6.73. The van der Waals surface area contributed by atoms with Gasteiger partial charge in [-0.25, -0.2) is 4.79 Å². The minimum absolute atomic E-state index is 0.0430. The lowest BCUT2D eigenvalue weighted by atomic mass is 10.1. The molecule has 0 spiro atoms. The van der Waals surface area contributed by atoms with E-state index in [4.69, 9.17) is 4.84 Å². The van der Waals surface area contributed by atoms with E-state index < -0.39 is 42.5 Å². The maximum absolute atomic E-state index is 12.3. The topological polar surface area (TPSA) is 102 Å². The van der Waals surface area contributed by atoms with Gasteiger partial charge in [-0.2, -0.15) is 13.2 Å². The van der Waals surface area contributed by atoms with Crippen molar-refractivity contribution in [3.05, 3.63) is 35.4 Å². The van der Waals surface area contributed by atoms with Gasteiger partial charge in [0.25, 0.3) is 11.8 Å². The molecule has 1 aromatic carbocycles.